The third kappa shape index (κ3) is 4.25. The molecule has 0 aliphatic carbocycles. The molecule has 0 aromatic rings. The van der Waals surface area contributed by atoms with Crippen molar-refractivity contribution < 1.29 is 4.79 Å². The SMILES string of the molecule is CC/C=C\CC(C)(C)C(=O)C(C)C. The molecule has 0 aromatic carbocycles. The minimum Gasteiger partial charge on any atom is -0.299 e. The second kappa shape index (κ2) is 5.21. The summed E-state index contributed by atoms with van der Waals surface area (Å²) >= 11 is 0. The van der Waals surface area contributed by atoms with E-state index in [1.54, 1.807) is 0 Å². The van der Waals surface area contributed by atoms with E-state index in [1.807, 2.05) is 27.7 Å². The molecule has 0 fully saturated rings. The number of ketones is 1. The van der Waals surface area contributed by atoms with Crippen LogP contribution in [0.5, 0.6) is 0 Å². The number of Topliss-reactive ketones (excluding diaryl/α,β-unsaturated/α-hetero) is 1. The van der Waals surface area contributed by atoms with Gasteiger partial charge in [0.05, 0.1) is 0 Å². The molecule has 0 bridgehead atoms. The van der Waals surface area contributed by atoms with Crippen molar-refractivity contribution in [2.75, 3.05) is 0 Å². The van der Waals surface area contributed by atoms with Crippen LogP contribution in [-0.4, -0.2) is 5.78 Å². The Bertz CT molecular complexity index is 187. The largest absolute Gasteiger partial charge is 0.299 e. The summed E-state index contributed by atoms with van der Waals surface area (Å²) in [5.74, 6) is 0.498. The molecule has 0 radical (unpaired) electrons. The van der Waals surface area contributed by atoms with Gasteiger partial charge in [-0.3, -0.25) is 4.79 Å². The van der Waals surface area contributed by atoms with E-state index < -0.39 is 0 Å². The summed E-state index contributed by atoms with van der Waals surface area (Å²) in [4.78, 5) is 11.7. The monoisotopic (exact) mass is 182 g/mol. The Balaban J connectivity index is 4.22. The molecule has 0 heterocycles. The fraction of sp³-hybridized carbons (Fsp3) is 0.750. The zero-order chi connectivity index (χ0) is 10.5. The van der Waals surface area contributed by atoms with Crippen LogP contribution in [0.15, 0.2) is 12.2 Å². The standard InChI is InChI=1S/C12H22O/c1-6-7-8-9-12(4,5)11(13)10(2)3/h7-8,10H,6,9H2,1-5H3/b8-7-. The van der Waals surface area contributed by atoms with E-state index >= 15 is 0 Å². The number of allylic oxidation sites excluding steroid dienone is 2. The third-order valence-corrected chi connectivity index (χ3v) is 2.22. The zero-order valence-electron chi connectivity index (χ0n) is 9.55. The highest BCUT2D eigenvalue weighted by Gasteiger charge is 2.27. The molecule has 1 nitrogen and oxygen atoms in total. The number of hydrogen-bond donors (Lipinski definition) is 0. The lowest BCUT2D eigenvalue weighted by Gasteiger charge is -2.23. The van der Waals surface area contributed by atoms with Crippen molar-refractivity contribution in [1.82, 2.24) is 0 Å². The highest BCUT2D eigenvalue weighted by atomic mass is 16.1. The van der Waals surface area contributed by atoms with E-state index in [2.05, 4.69) is 19.1 Å². The second-order valence-electron chi connectivity index (χ2n) is 4.49. The first-order chi connectivity index (χ1) is 5.91. The van der Waals surface area contributed by atoms with E-state index in [9.17, 15) is 4.79 Å². The van der Waals surface area contributed by atoms with Gasteiger partial charge in [-0.25, -0.2) is 0 Å². The first-order valence-electron chi connectivity index (χ1n) is 5.11. The van der Waals surface area contributed by atoms with Crippen LogP contribution < -0.4 is 0 Å². The Hall–Kier alpha value is -0.590. The highest BCUT2D eigenvalue weighted by Crippen LogP contribution is 2.25. The molecule has 0 N–H and O–H groups in total. The van der Waals surface area contributed by atoms with Gasteiger partial charge in [-0.1, -0.05) is 46.8 Å². The summed E-state index contributed by atoms with van der Waals surface area (Å²) < 4.78 is 0. The molecule has 0 atom stereocenters. The number of carbonyl (C=O) groups excluding carboxylic acids is 1. The minimum absolute atomic E-state index is 0.144. The van der Waals surface area contributed by atoms with E-state index in [0.29, 0.717) is 5.78 Å². The Morgan fingerprint density at radius 2 is 1.85 bits per heavy atom. The molecule has 0 amide bonds. The molecule has 0 saturated heterocycles. The zero-order valence-corrected chi connectivity index (χ0v) is 9.55. The molecule has 0 saturated carbocycles. The summed E-state index contributed by atoms with van der Waals surface area (Å²) in [5, 5.41) is 0. The van der Waals surface area contributed by atoms with Gasteiger partial charge in [0.2, 0.25) is 0 Å². The van der Waals surface area contributed by atoms with Crippen LogP contribution in [0.2, 0.25) is 0 Å². The maximum atomic E-state index is 11.7. The van der Waals surface area contributed by atoms with Crippen LogP contribution in [0.1, 0.15) is 47.5 Å². The van der Waals surface area contributed by atoms with Crippen LogP contribution in [0, 0.1) is 11.3 Å². The molecule has 0 rings (SSSR count). The summed E-state index contributed by atoms with van der Waals surface area (Å²) in [6, 6.07) is 0. The minimum atomic E-state index is -0.195. The summed E-state index contributed by atoms with van der Waals surface area (Å²) in [5.41, 5.74) is -0.195. The molecule has 0 aliphatic rings. The fourth-order valence-electron chi connectivity index (χ4n) is 1.43. The predicted molar refractivity (Wildman–Crippen MR) is 57.7 cm³/mol. The van der Waals surface area contributed by atoms with Crippen LogP contribution in [0.4, 0.5) is 0 Å². The molecule has 0 spiro atoms. The van der Waals surface area contributed by atoms with Crippen LogP contribution in [0.3, 0.4) is 0 Å². The van der Waals surface area contributed by atoms with E-state index in [1.165, 1.54) is 0 Å². The van der Waals surface area contributed by atoms with Gasteiger partial charge in [0.1, 0.15) is 5.78 Å². The van der Waals surface area contributed by atoms with Crippen LogP contribution in [-0.2, 0) is 4.79 Å². The molecular formula is C12H22O. The summed E-state index contributed by atoms with van der Waals surface area (Å²) in [6.07, 6.45) is 6.14. The normalized spacial score (nSPS) is 12.8. The van der Waals surface area contributed by atoms with Crippen molar-refractivity contribution >= 4 is 5.78 Å². The number of hydrogen-bond acceptors (Lipinski definition) is 1. The van der Waals surface area contributed by atoms with Gasteiger partial charge in [0, 0.05) is 11.3 Å². The average molecular weight is 182 g/mol. The Kier molecular flexibility index (Phi) is 4.97. The second-order valence-corrected chi connectivity index (χ2v) is 4.49. The van der Waals surface area contributed by atoms with Crippen molar-refractivity contribution in [3.8, 4) is 0 Å². The molecule has 0 unspecified atom stereocenters. The van der Waals surface area contributed by atoms with Crippen molar-refractivity contribution in [1.29, 1.82) is 0 Å². The number of rotatable bonds is 5. The first kappa shape index (κ1) is 12.4. The molecule has 1 heteroatoms. The van der Waals surface area contributed by atoms with Crippen LogP contribution >= 0.6 is 0 Å². The van der Waals surface area contributed by atoms with Gasteiger partial charge in [0.15, 0.2) is 0 Å². The van der Waals surface area contributed by atoms with Crippen LogP contribution in [0.25, 0.3) is 0 Å². The molecule has 0 aromatic heterocycles. The Labute approximate surface area is 82.2 Å². The first-order valence-corrected chi connectivity index (χ1v) is 5.11. The van der Waals surface area contributed by atoms with Gasteiger partial charge >= 0.3 is 0 Å². The molecule has 76 valence electrons. The highest BCUT2D eigenvalue weighted by molar-refractivity contribution is 5.85. The van der Waals surface area contributed by atoms with Gasteiger partial charge in [0.25, 0.3) is 0 Å². The Morgan fingerprint density at radius 1 is 1.31 bits per heavy atom. The van der Waals surface area contributed by atoms with Gasteiger partial charge in [-0.2, -0.15) is 0 Å². The predicted octanol–water partition coefficient (Wildman–Crippen LogP) is 3.59. The topological polar surface area (TPSA) is 17.1 Å². The molecule has 0 aliphatic heterocycles. The van der Waals surface area contributed by atoms with Crippen molar-refractivity contribution in [3.63, 3.8) is 0 Å². The Morgan fingerprint density at radius 3 is 2.23 bits per heavy atom. The summed E-state index contributed by atoms with van der Waals surface area (Å²) in [7, 11) is 0. The lowest BCUT2D eigenvalue weighted by Crippen LogP contribution is -2.27. The lowest BCUT2D eigenvalue weighted by atomic mass is 9.79. The molecular weight excluding hydrogens is 160 g/mol. The van der Waals surface area contributed by atoms with Crippen molar-refractivity contribution in [2.45, 2.75) is 47.5 Å². The lowest BCUT2D eigenvalue weighted by molar-refractivity contribution is -0.130. The average Bonchev–Trinajstić information content (AvgIpc) is 2.03. The van der Waals surface area contributed by atoms with Crippen molar-refractivity contribution in [3.05, 3.63) is 12.2 Å². The maximum Gasteiger partial charge on any atom is 0.141 e. The van der Waals surface area contributed by atoms with Gasteiger partial charge in [-0.05, 0) is 12.8 Å². The fourth-order valence-corrected chi connectivity index (χ4v) is 1.43. The van der Waals surface area contributed by atoms with E-state index in [4.69, 9.17) is 0 Å². The summed E-state index contributed by atoms with van der Waals surface area (Å²) in [6.45, 7) is 10.1. The van der Waals surface area contributed by atoms with E-state index in [-0.39, 0.29) is 11.3 Å². The van der Waals surface area contributed by atoms with Crippen molar-refractivity contribution in [2.24, 2.45) is 11.3 Å². The third-order valence-electron chi connectivity index (χ3n) is 2.22. The maximum absolute atomic E-state index is 11.7. The number of carbonyl (C=O) groups is 1. The van der Waals surface area contributed by atoms with E-state index in [0.717, 1.165) is 12.8 Å². The van der Waals surface area contributed by atoms with Gasteiger partial charge in [-0.15, -0.1) is 0 Å². The van der Waals surface area contributed by atoms with Gasteiger partial charge < -0.3 is 0 Å². The molecule has 13 heavy (non-hydrogen) atoms. The quantitative estimate of drug-likeness (QED) is 0.594. The smallest absolute Gasteiger partial charge is 0.141 e.